The number of ether oxygens (including phenoxy) is 1. The first kappa shape index (κ1) is 21.3. The van der Waals surface area contributed by atoms with Crippen molar-refractivity contribution in [2.24, 2.45) is 0 Å². The highest BCUT2D eigenvalue weighted by Crippen LogP contribution is 2.44. The van der Waals surface area contributed by atoms with Crippen molar-refractivity contribution < 1.29 is 25.2 Å². The van der Waals surface area contributed by atoms with Gasteiger partial charge in [-0.2, -0.15) is 0 Å². The van der Waals surface area contributed by atoms with Crippen LogP contribution in [-0.2, 0) is 17.8 Å². The summed E-state index contributed by atoms with van der Waals surface area (Å²) in [4.78, 5) is 0. The SMILES string of the molecule is CCC(C)OCc1cc(O)c(O)c(Br)c1Cc1cc(O)c(O)c(Br)c1Br. The second kappa shape index (κ2) is 8.82. The van der Waals surface area contributed by atoms with Crippen molar-refractivity contribution in [2.45, 2.75) is 39.4 Å². The van der Waals surface area contributed by atoms with Crippen molar-refractivity contribution in [2.75, 3.05) is 0 Å². The van der Waals surface area contributed by atoms with E-state index < -0.39 is 0 Å². The molecule has 2 rings (SSSR count). The van der Waals surface area contributed by atoms with Gasteiger partial charge in [0.1, 0.15) is 0 Å². The molecule has 0 saturated carbocycles. The van der Waals surface area contributed by atoms with Crippen LogP contribution in [0.5, 0.6) is 23.0 Å². The molecule has 0 saturated heterocycles. The van der Waals surface area contributed by atoms with Crippen LogP contribution in [0.2, 0.25) is 0 Å². The van der Waals surface area contributed by atoms with Crippen molar-refractivity contribution >= 4 is 47.8 Å². The average molecular weight is 555 g/mol. The van der Waals surface area contributed by atoms with Crippen LogP contribution in [0.25, 0.3) is 0 Å². The van der Waals surface area contributed by atoms with Crippen molar-refractivity contribution in [3.05, 3.63) is 42.2 Å². The van der Waals surface area contributed by atoms with E-state index in [1.807, 2.05) is 13.8 Å². The number of hydrogen-bond donors (Lipinski definition) is 4. The normalized spacial score (nSPS) is 12.3. The van der Waals surface area contributed by atoms with Gasteiger partial charge in [-0.25, -0.2) is 0 Å². The molecule has 0 aliphatic carbocycles. The maximum absolute atomic E-state index is 10.1. The van der Waals surface area contributed by atoms with E-state index in [4.69, 9.17) is 4.74 Å². The Labute approximate surface area is 177 Å². The van der Waals surface area contributed by atoms with Crippen LogP contribution in [0.4, 0.5) is 0 Å². The molecule has 1 unspecified atom stereocenters. The fourth-order valence-corrected chi connectivity index (χ4v) is 3.86. The summed E-state index contributed by atoms with van der Waals surface area (Å²) >= 11 is 9.97. The highest BCUT2D eigenvalue weighted by molar-refractivity contribution is 9.13. The number of phenols is 4. The van der Waals surface area contributed by atoms with Gasteiger partial charge in [0.25, 0.3) is 0 Å². The van der Waals surface area contributed by atoms with E-state index in [-0.39, 0.29) is 35.7 Å². The second-order valence-corrected chi connectivity index (χ2v) is 8.31. The smallest absolute Gasteiger partial charge is 0.173 e. The number of benzene rings is 2. The van der Waals surface area contributed by atoms with Gasteiger partial charge in [-0.15, -0.1) is 0 Å². The minimum Gasteiger partial charge on any atom is -0.504 e. The first-order valence-electron chi connectivity index (χ1n) is 7.89. The molecule has 0 radical (unpaired) electrons. The lowest BCUT2D eigenvalue weighted by molar-refractivity contribution is 0.0503. The van der Waals surface area contributed by atoms with Crippen molar-refractivity contribution in [3.8, 4) is 23.0 Å². The summed E-state index contributed by atoms with van der Waals surface area (Å²) in [7, 11) is 0. The summed E-state index contributed by atoms with van der Waals surface area (Å²) in [6.45, 7) is 4.24. The lowest BCUT2D eigenvalue weighted by Crippen LogP contribution is -2.08. The first-order chi connectivity index (χ1) is 12.2. The zero-order valence-corrected chi connectivity index (χ0v) is 18.9. The zero-order valence-electron chi connectivity index (χ0n) is 14.2. The summed E-state index contributed by atoms with van der Waals surface area (Å²) in [6, 6.07) is 2.92. The number of aromatic hydroxyl groups is 4. The van der Waals surface area contributed by atoms with Gasteiger partial charge in [-0.3, -0.25) is 0 Å². The Hall–Kier alpha value is -0.960. The van der Waals surface area contributed by atoms with E-state index in [1.165, 1.54) is 12.1 Å². The molecule has 1 atom stereocenters. The molecule has 0 aliphatic rings. The highest BCUT2D eigenvalue weighted by Gasteiger charge is 2.20. The molecule has 0 aromatic heterocycles. The molecule has 4 N–H and O–H groups in total. The Morgan fingerprint density at radius 2 is 1.42 bits per heavy atom. The molecule has 0 heterocycles. The first-order valence-corrected chi connectivity index (χ1v) is 10.3. The maximum Gasteiger partial charge on any atom is 0.173 e. The van der Waals surface area contributed by atoms with E-state index in [9.17, 15) is 20.4 Å². The summed E-state index contributed by atoms with van der Waals surface area (Å²) in [5.74, 6) is -1.01. The Kier molecular flexibility index (Phi) is 7.24. The third-order valence-electron chi connectivity index (χ3n) is 4.12. The van der Waals surface area contributed by atoms with Gasteiger partial charge in [0, 0.05) is 10.9 Å². The Bertz CT molecular complexity index is 823. The largest absolute Gasteiger partial charge is 0.504 e. The summed E-state index contributed by atoms with van der Waals surface area (Å²) in [6.07, 6.45) is 1.22. The zero-order chi connectivity index (χ0) is 19.6. The second-order valence-electron chi connectivity index (χ2n) is 5.93. The number of phenolic OH excluding ortho intramolecular Hbond substituents is 4. The molecule has 0 spiro atoms. The molecule has 8 heteroatoms. The molecule has 0 fully saturated rings. The molecule has 26 heavy (non-hydrogen) atoms. The monoisotopic (exact) mass is 552 g/mol. The fraction of sp³-hybridized carbons (Fsp3) is 0.333. The predicted molar refractivity (Wildman–Crippen MR) is 110 cm³/mol. The highest BCUT2D eigenvalue weighted by atomic mass is 79.9. The summed E-state index contributed by atoms with van der Waals surface area (Å²) < 4.78 is 7.06. The lowest BCUT2D eigenvalue weighted by atomic mass is 9.98. The van der Waals surface area contributed by atoms with Crippen LogP contribution in [0.3, 0.4) is 0 Å². The Morgan fingerprint density at radius 3 is 2.00 bits per heavy atom. The Balaban J connectivity index is 2.50. The minimum atomic E-state index is -0.259. The quantitative estimate of drug-likeness (QED) is 0.344. The average Bonchev–Trinajstić information content (AvgIpc) is 2.62. The van der Waals surface area contributed by atoms with Gasteiger partial charge in [-0.1, -0.05) is 6.92 Å². The number of halogens is 3. The fourth-order valence-electron chi connectivity index (χ4n) is 2.36. The molecule has 0 bridgehead atoms. The summed E-state index contributed by atoms with van der Waals surface area (Å²) in [5.41, 5.74) is 2.10. The third kappa shape index (κ3) is 4.47. The minimum absolute atomic E-state index is 0.0520. The van der Waals surface area contributed by atoms with Gasteiger partial charge < -0.3 is 25.2 Å². The van der Waals surface area contributed by atoms with Crippen LogP contribution in [-0.4, -0.2) is 26.5 Å². The molecule has 2 aromatic rings. The van der Waals surface area contributed by atoms with Crippen LogP contribution in [0.1, 0.15) is 37.0 Å². The molecular formula is C18H19Br3O5. The summed E-state index contributed by atoms with van der Waals surface area (Å²) in [5, 5.41) is 39.7. The van der Waals surface area contributed by atoms with E-state index in [1.54, 1.807) is 0 Å². The van der Waals surface area contributed by atoms with Gasteiger partial charge in [-0.05, 0) is 90.0 Å². The van der Waals surface area contributed by atoms with Crippen LogP contribution < -0.4 is 0 Å². The molecule has 0 aliphatic heterocycles. The van der Waals surface area contributed by atoms with Gasteiger partial charge in [0.2, 0.25) is 0 Å². The van der Waals surface area contributed by atoms with E-state index in [0.29, 0.717) is 36.5 Å². The van der Waals surface area contributed by atoms with Gasteiger partial charge >= 0.3 is 0 Å². The topological polar surface area (TPSA) is 90.2 Å². The number of rotatable bonds is 6. The molecule has 5 nitrogen and oxygen atoms in total. The molecule has 2 aromatic carbocycles. The predicted octanol–water partition coefficient (Wildman–Crippen LogP) is 5.70. The molecule has 142 valence electrons. The number of hydrogen-bond acceptors (Lipinski definition) is 5. The third-order valence-corrected chi connectivity index (χ3v) is 7.18. The molecule has 0 amide bonds. The van der Waals surface area contributed by atoms with E-state index in [0.717, 1.165) is 6.42 Å². The lowest BCUT2D eigenvalue weighted by Gasteiger charge is -2.18. The van der Waals surface area contributed by atoms with Crippen LogP contribution in [0.15, 0.2) is 25.6 Å². The van der Waals surface area contributed by atoms with Crippen molar-refractivity contribution in [1.29, 1.82) is 0 Å². The standard InChI is InChI=1S/C18H19Br3O5/c1-3-8(2)26-7-10-6-13(23)17(24)15(20)11(10)4-9-5-12(22)18(25)16(21)14(9)19/h5-6,8,22-25H,3-4,7H2,1-2H3. The van der Waals surface area contributed by atoms with Crippen molar-refractivity contribution in [3.63, 3.8) is 0 Å². The maximum atomic E-state index is 10.1. The van der Waals surface area contributed by atoms with Crippen LogP contribution >= 0.6 is 47.8 Å². The van der Waals surface area contributed by atoms with E-state index in [2.05, 4.69) is 47.8 Å². The van der Waals surface area contributed by atoms with E-state index >= 15 is 0 Å². The molecular weight excluding hydrogens is 536 g/mol. The van der Waals surface area contributed by atoms with Gasteiger partial charge in [0.15, 0.2) is 23.0 Å². The Morgan fingerprint density at radius 1 is 0.885 bits per heavy atom. The van der Waals surface area contributed by atoms with Crippen LogP contribution in [0, 0.1) is 0 Å². The van der Waals surface area contributed by atoms with Gasteiger partial charge in [0.05, 0.1) is 21.7 Å². The van der Waals surface area contributed by atoms with Crippen molar-refractivity contribution in [1.82, 2.24) is 0 Å².